The summed E-state index contributed by atoms with van der Waals surface area (Å²) in [5.41, 5.74) is 2.21. The summed E-state index contributed by atoms with van der Waals surface area (Å²) in [6, 6.07) is 6.61. The van der Waals surface area contributed by atoms with Crippen LogP contribution in [0.2, 0.25) is 0 Å². The fourth-order valence-corrected chi connectivity index (χ4v) is 6.63. The van der Waals surface area contributed by atoms with Crippen molar-refractivity contribution in [1.82, 2.24) is 19.9 Å². The zero-order valence-electron chi connectivity index (χ0n) is 20.9. The molecule has 0 spiro atoms. The molecule has 3 fully saturated rings. The summed E-state index contributed by atoms with van der Waals surface area (Å²) in [6.45, 7) is 9.53. The van der Waals surface area contributed by atoms with E-state index in [1.165, 1.54) is 31.6 Å². The molecule has 0 bridgehead atoms. The molecule has 0 amide bonds. The van der Waals surface area contributed by atoms with Gasteiger partial charge < -0.3 is 24.2 Å². The molecule has 2 aromatic heterocycles. The molecule has 36 heavy (non-hydrogen) atoms. The minimum absolute atomic E-state index is 0.0384. The Bertz CT molecular complexity index is 1120. The predicted molar refractivity (Wildman–Crippen MR) is 144 cm³/mol. The minimum atomic E-state index is 0.0384. The van der Waals surface area contributed by atoms with Crippen LogP contribution < -0.4 is 9.80 Å². The molecule has 9 heteroatoms. The summed E-state index contributed by atoms with van der Waals surface area (Å²) in [6.07, 6.45) is 8.56. The monoisotopic (exact) mass is 508 g/mol. The molecule has 6 rings (SSSR count). The number of likely N-dealkylation sites (tertiary alicyclic amines) is 1. The molecule has 2 unspecified atom stereocenters. The Morgan fingerprint density at radius 3 is 2.72 bits per heavy atom. The second-order valence-electron chi connectivity index (χ2n) is 10.1. The van der Waals surface area contributed by atoms with Gasteiger partial charge in [0, 0.05) is 61.3 Å². The number of ether oxygens (including phenoxy) is 2. The van der Waals surface area contributed by atoms with Gasteiger partial charge in [0.25, 0.3) is 0 Å². The number of rotatable bonds is 8. The standard InChI is InChI=1S/C27H36N6O2S/c1-2-9-31(8-1)11-16-35-25(27-28-7-17-36-27)21-4-3-10-33(19-21)26-23-6-5-22(18-24(23)29-20-30-26)32-12-14-34-15-13-32/h5-7,17-18,20-21,25H,1-4,8-16,19H2. The van der Waals surface area contributed by atoms with E-state index in [-0.39, 0.29) is 6.10 Å². The van der Waals surface area contributed by atoms with Crippen molar-refractivity contribution in [2.75, 3.05) is 75.4 Å². The first-order valence-electron chi connectivity index (χ1n) is 13.4. The molecular weight excluding hydrogens is 472 g/mol. The average molecular weight is 509 g/mol. The molecule has 0 radical (unpaired) electrons. The number of anilines is 2. The second-order valence-corrected chi connectivity index (χ2v) is 11.0. The molecule has 5 heterocycles. The molecule has 192 valence electrons. The van der Waals surface area contributed by atoms with E-state index in [0.29, 0.717) is 5.92 Å². The molecule has 2 atom stereocenters. The summed E-state index contributed by atoms with van der Waals surface area (Å²) in [4.78, 5) is 21.4. The first-order valence-corrected chi connectivity index (χ1v) is 14.3. The Morgan fingerprint density at radius 1 is 1.00 bits per heavy atom. The average Bonchev–Trinajstić information content (AvgIpc) is 3.66. The first-order chi connectivity index (χ1) is 17.8. The van der Waals surface area contributed by atoms with Crippen molar-refractivity contribution in [3.05, 3.63) is 41.1 Å². The topological polar surface area (TPSA) is 66.9 Å². The van der Waals surface area contributed by atoms with Gasteiger partial charge in [-0.2, -0.15) is 0 Å². The number of thiazole rings is 1. The SMILES string of the molecule is c1csc(C(OCCN2CCCC2)C2CCCN(c3ncnc4cc(N5CCOCC5)ccc34)C2)n1. The smallest absolute Gasteiger partial charge is 0.139 e. The number of morpholine rings is 1. The summed E-state index contributed by atoms with van der Waals surface area (Å²) in [5, 5.41) is 4.29. The van der Waals surface area contributed by atoms with E-state index < -0.39 is 0 Å². The van der Waals surface area contributed by atoms with Crippen molar-refractivity contribution < 1.29 is 9.47 Å². The number of nitrogens with zero attached hydrogens (tertiary/aromatic N) is 6. The Morgan fingerprint density at radius 2 is 1.89 bits per heavy atom. The van der Waals surface area contributed by atoms with Crippen LogP contribution in [0.15, 0.2) is 36.1 Å². The fraction of sp³-hybridized carbons (Fsp3) is 0.593. The van der Waals surface area contributed by atoms with Crippen LogP contribution >= 0.6 is 11.3 Å². The Labute approximate surface area is 217 Å². The molecule has 3 saturated heterocycles. The van der Waals surface area contributed by atoms with E-state index in [0.717, 1.165) is 87.1 Å². The molecule has 0 saturated carbocycles. The van der Waals surface area contributed by atoms with Gasteiger partial charge in [0.15, 0.2) is 0 Å². The maximum absolute atomic E-state index is 6.57. The van der Waals surface area contributed by atoms with Crippen molar-refractivity contribution in [3.63, 3.8) is 0 Å². The van der Waals surface area contributed by atoms with Crippen LogP contribution in [0.4, 0.5) is 11.5 Å². The lowest BCUT2D eigenvalue weighted by Crippen LogP contribution is -2.39. The van der Waals surface area contributed by atoms with E-state index >= 15 is 0 Å². The van der Waals surface area contributed by atoms with Crippen LogP contribution in [0.5, 0.6) is 0 Å². The van der Waals surface area contributed by atoms with E-state index in [1.807, 2.05) is 6.20 Å². The molecule has 3 aromatic rings. The van der Waals surface area contributed by atoms with Crippen LogP contribution in [-0.2, 0) is 9.47 Å². The van der Waals surface area contributed by atoms with Gasteiger partial charge in [-0.25, -0.2) is 15.0 Å². The van der Waals surface area contributed by atoms with E-state index in [9.17, 15) is 0 Å². The lowest BCUT2D eigenvalue weighted by molar-refractivity contribution is -0.00225. The zero-order valence-corrected chi connectivity index (χ0v) is 21.7. The first kappa shape index (κ1) is 24.0. The molecule has 0 N–H and O–H groups in total. The van der Waals surface area contributed by atoms with Gasteiger partial charge in [-0.05, 0) is 57.0 Å². The number of aromatic nitrogens is 3. The van der Waals surface area contributed by atoms with Crippen molar-refractivity contribution in [2.24, 2.45) is 5.92 Å². The normalized spacial score (nSPS) is 22.4. The third-order valence-corrected chi connectivity index (χ3v) is 8.60. The summed E-state index contributed by atoms with van der Waals surface area (Å²) < 4.78 is 12.1. The van der Waals surface area contributed by atoms with Crippen LogP contribution in [0.25, 0.3) is 10.9 Å². The minimum Gasteiger partial charge on any atom is -0.378 e. The number of hydrogen-bond donors (Lipinski definition) is 0. The van der Waals surface area contributed by atoms with Crippen LogP contribution in [0.3, 0.4) is 0 Å². The Balaban J connectivity index is 1.19. The van der Waals surface area contributed by atoms with Gasteiger partial charge in [0.1, 0.15) is 23.3 Å². The van der Waals surface area contributed by atoms with Crippen LogP contribution in [0.1, 0.15) is 36.8 Å². The number of hydrogen-bond acceptors (Lipinski definition) is 9. The number of benzene rings is 1. The lowest BCUT2D eigenvalue weighted by atomic mass is 9.92. The van der Waals surface area contributed by atoms with Gasteiger partial charge >= 0.3 is 0 Å². The van der Waals surface area contributed by atoms with E-state index in [4.69, 9.17) is 14.5 Å². The highest BCUT2D eigenvalue weighted by molar-refractivity contribution is 7.09. The molecule has 8 nitrogen and oxygen atoms in total. The van der Waals surface area contributed by atoms with Crippen LogP contribution in [0, 0.1) is 5.92 Å². The maximum Gasteiger partial charge on any atom is 0.139 e. The highest BCUT2D eigenvalue weighted by Gasteiger charge is 2.32. The van der Waals surface area contributed by atoms with Crippen molar-refractivity contribution >= 4 is 33.7 Å². The summed E-state index contributed by atoms with van der Waals surface area (Å²) >= 11 is 1.71. The lowest BCUT2D eigenvalue weighted by Gasteiger charge is -2.37. The molecule has 3 aliphatic rings. The summed E-state index contributed by atoms with van der Waals surface area (Å²) in [7, 11) is 0. The van der Waals surface area contributed by atoms with Gasteiger partial charge in [-0.1, -0.05) is 0 Å². The third-order valence-electron chi connectivity index (χ3n) is 7.76. The highest BCUT2D eigenvalue weighted by Crippen LogP contribution is 2.37. The maximum atomic E-state index is 6.57. The number of piperidine rings is 1. The third kappa shape index (κ3) is 5.34. The Kier molecular flexibility index (Phi) is 7.59. The molecular formula is C27H36N6O2S. The number of fused-ring (bicyclic) bond motifs is 1. The van der Waals surface area contributed by atoms with E-state index in [2.05, 4.69) is 48.2 Å². The predicted octanol–water partition coefficient (Wildman–Crippen LogP) is 3.99. The zero-order chi connectivity index (χ0) is 24.2. The second kappa shape index (κ2) is 11.4. The van der Waals surface area contributed by atoms with E-state index in [1.54, 1.807) is 17.7 Å². The van der Waals surface area contributed by atoms with Gasteiger partial charge in [0.2, 0.25) is 0 Å². The van der Waals surface area contributed by atoms with Gasteiger partial charge in [-0.3, -0.25) is 0 Å². The molecule has 3 aliphatic heterocycles. The fourth-order valence-electron chi connectivity index (χ4n) is 5.85. The summed E-state index contributed by atoms with van der Waals surface area (Å²) in [5.74, 6) is 1.43. The van der Waals surface area contributed by atoms with Crippen LogP contribution in [-0.4, -0.2) is 85.5 Å². The van der Waals surface area contributed by atoms with Crippen molar-refractivity contribution in [3.8, 4) is 0 Å². The molecule has 1 aromatic carbocycles. The largest absolute Gasteiger partial charge is 0.378 e. The quantitative estimate of drug-likeness (QED) is 0.453. The molecule has 0 aliphatic carbocycles. The van der Waals surface area contributed by atoms with Crippen molar-refractivity contribution in [1.29, 1.82) is 0 Å². The van der Waals surface area contributed by atoms with Gasteiger partial charge in [0.05, 0.1) is 25.3 Å². The van der Waals surface area contributed by atoms with Crippen molar-refractivity contribution in [2.45, 2.75) is 31.8 Å². The Hall–Kier alpha value is -2.33. The highest BCUT2D eigenvalue weighted by atomic mass is 32.1. The van der Waals surface area contributed by atoms with Gasteiger partial charge in [-0.15, -0.1) is 11.3 Å².